The highest BCUT2D eigenvalue weighted by atomic mass is 32.1. The van der Waals surface area contributed by atoms with Gasteiger partial charge in [0.25, 0.3) is 0 Å². The van der Waals surface area contributed by atoms with Crippen molar-refractivity contribution in [3.63, 3.8) is 0 Å². The van der Waals surface area contributed by atoms with Crippen LogP contribution in [-0.2, 0) is 25.2 Å². The molecule has 15 nitrogen and oxygen atoms in total. The van der Waals surface area contributed by atoms with Crippen LogP contribution in [0.3, 0.4) is 0 Å². The van der Waals surface area contributed by atoms with E-state index >= 15 is 0 Å². The number of likely N-dealkylation sites (tertiary alicyclic amines) is 4. The van der Waals surface area contributed by atoms with Crippen LogP contribution in [0, 0.1) is 10.8 Å². The third-order valence-corrected chi connectivity index (χ3v) is 19.0. The number of thiazole rings is 1. The Labute approximate surface area is 539 Å². The monoisotopic (exact) mass is 1240 g/mol. The number of morpholine rings is 1. The molecule has 0 atom stereocenters. The maximum absolute atomic E-state index is 5.32. The van der Waals surface area contributed by atoms with E-state index in [4.69, 9.17) is 14.2 Å². The molecule has 8 saturated heterocycles. The van der Waals surface area contributed by atoms with Crippen LogP contribution in [0.5, 0.6) is 0 Å². The van der Waals surface area contributed by atoms with E-state index in [1.54, 1.807) is 17.5 Å². The molecule has 0 aromatic carbocycles. The van der Waals surface area contributed by atoms with Crippen LogP contribution >= 0.6 is 11.3 Å². The second-order valence-corrected chi connectivity index (χ2v) is 33.7. The van der Waals surface area contributed by atoms with Crippen molar-refractivity contribution >= 4 is 11.3 Å². The number of hydrogen-bond donors (Lipinski definition) is 2. The number of nitrogens with zero attached hydrogens (tertiary/aromatic N) is 10. The fraction of sp³-hybridized carbons (Fsp3) is 0.873. The molecule has 11 rings (SSSR count). The van der Waals surface area contributed by atoms with Gasteiger partial charge in [0.2, 0.25) is 0 Å². The lowest BCUT2D eigenvalue weighted by molar-refractivity contribution is -0.147. The number of rotatable bonds is 3. The van der Waals surface area contributed by atoms with Gasteiger partial charge in [-0.25, -0.2) is 4.98 Å². The molecule has 0 bridgehead atoms. The zero-order valence-corrected chi connectivity index (χ0v) is 61.8. The number of hydrogen-bond acceptors (Lipinski definition) is 14. The smallest absolute Gasteiger partial charge is 0.0978 e. The van der Waals surface area contributed by atoms with E-state index in [0.29, 0.717) is 44.9 Å². The van der Waals surface area contributed by atoms with Crippen molar-refractivity contribution in [3.05, 3.63) is 53.0 Å². The summed E-state index contributed by atoms with van der Waals surface area (Å²) in [4.78, 5) is 19.4. The molecular weight excluding hydrogens is 1100 g/mol. The van der Waals surface area contributed by atoms with Gasteiger partial charge in [-0.3, -0.25) is 29.4 Å². The average Bonchev–Trinajstić information content (AvgIpc) is 2.19. The molecular formula is C71H138N12O3S. The molecule has 0 saturated carbocycles. The van der Waals surface area contributed by atoms with Gasteiger partial charge in [0.1, 0.15) is 0 Å². The number of H-pyrrole nitrogens is 1. The van der Waals surface area contributed by atoms with E-state index in [2.05, 4.69) is 221 Å². The Morgan fingerprint density at radius 2 is 0.977 bits per heavy atom. The zero-order valence-electron chi connectivity index (χ0n) is 61.0. The van der Waals surface area contributed by atoms with Crippen molar-refractivity contribution in [1.82, 2.24) is 59.7 Å². The van der Waals surface area contributed by atoms with Crippen LogP contribution in [0.4, 0.5) is 0 Å². The van der Waals surface area contributed by atoms with Gasteiger partial charge in [-0.1, -0.05) is 41.0 Å². The van der Waals surface area contributed by atoms with Gasteiger partial charge in [-0.2, -0.15) is 10.2 Å². The highest BCUT2D eigenvalue weighted by Crippen LogP contribution is 2.39. The van der Waals surface area contributed by atoms with Crippen LogP contribution < -0.4 is 5.32 Å². The first-order chi connectivity index (χ1) is 40.4. The highest BCUT2D eigenvalue weighted by molar-refractivity contribution is 7.09. The first-order valence-electron chi connectivity index (χ1n) is 34.2. The molecule has 8 aliphatic heterocycles. The summed E-state index contributed by atoms with van der Waals surface area (Å²) in [5.74, 6) is 0.591. The second kappa shape index (κ2) is 36.8. The molecule has 3 aromatic heterocycles. The standard InChI is InChI=1S/C10H19NO.C9H17NO.C9H19N.C8H18N2.C8H17NO.C7H12N2.C7H11NS.C7H15N.C6H10N2/c1-9(2)11-5-3-4-10(6-11)7-12-8-10;1-8(2)10-4-3-9(5-10)6-11-7-9;1-9(2,3)10-7-5-4-6-8-10;1-8(2,3)10-6-4-9-5-7-10;1-8(2,3)9-4-6-10-7-5-9;1-7(2,3)9-6-4-5-8-9;1-7(2,3)6-8-4-5-9-6;1-7(2,3)8-5-4-6-8;1-5(2)6-3-7-8-4-6/h9H,3-8H2,1-2H3;8H,3-7H2,1-2H3;4-8H2,1-3H3;9H,4-7H2,1-3H3;4-7H2,1-3H3;4-6H,1-3H3;4-5H,1-3H3;4-6H2,1-3H3;3-5H,1-2H3,(H,7,8). The third-order valence-electron chi connectivity index (χ3n) is 17.8. The lowest BCUT2D eigenvalue weighted by Crippen LogP contribution is -2.55. The molecule has 0 amide bonds. The Bertz CT molecular complexity index is 2040. The largest absolute Gasteiger partial charge is 0.380 e. The summed E-state index contributed by atoms with van der Waals surface area (Å²) < 4.78 is 17.8. The number of piperidine rings is 2. The van der Waals surface area contributed by atoms with Gasteiger partial charge in [0.05, 0.1) is 56.4 Å². The van der Waals surface area contributed by atoms with Gasteiger partial charge >= 0.3 is 0 Å². The Hall–Kier alpha value is -2.35. The Morgan fingerprint density at radius 1 is 0.506 bits per heavy atom. The molecule has 87 heavy (non-hydrogen) atoms. The Kier molecular flexibility index (Phi) is 33.3. The summed E-state index contributed by atoms with van der Waals surface area (Å²) in [5.41, 5.74) is 4.28. The quantitative estimate of drug-likeness (QED) is 0.259. The van der Waals surface area contributed by atoms with Crippen LogP contribution in [0.2, 0.25) is 0 Å². The zero-order chi connectivity index (χ0) is 65.3. The number of nitrogens with one attached hydrogen (secondary N) is 2. The van der Waals surface area contributed by atoms with Gasteiger partial charge in [0.15, 0.2) is 0 Å². The van der Waals surface area contributed by atoms with Crippen molar-refractivity contribution in [2.75, 3.05) is 131 Å². The molecule has 8 aliphatic rings. The normalized spacial score (nSPS) is 21.3. The highest BCUT2D eigenvalue weighted by Gasteiger charge is 2.45. The third kappa shape index (κ3) is 30.3. The molecule has 2 spiro atoms. The lowest BCUT2D eigenvalue weighted by atomic mass is 9.78. The first-order valence-corrected chi connectivity index (χ1v) is 35.1. The molecule has 3 aromatic rings. The van der Waals surface area contributed by atoms with Gasteiger partial charge < -0.3 is 29.3 Å². The number of aromatic amines is 1. The maximum Gasteiger partial charge on any atom is 0.0978 e. The summed E-state index contributed by atoms with van der Waals surface area (Å²) >= 11 is 1.72. The fourth-order valence-electron chi connectivity index (χ4n) is 11.3. The molecule has 16 heteroatoms. The first kappa shape index (κ1) is 78.9. The minimum Gasteiger partial charge on any atom is -0.380 e. The van der Waals surface area contributed by atoms with E-state index in [0.717, 1.165) is 71.9 Å². The number of piperazine rings is 1. The molecule has 2 N–H and O–H groups in total. The summed E-state index contributed by atoms with van der Waals surface area (Å²) in [5, 5.41) is 17.3. The number of aromatic nitrogens is 5. The van der Waals surface area contributed by atoms with Crippen molar-refractivity contribution in [2.24, 2.45) is 10.8 Å². The predicted molar refractivity (Wildman–Crippen MR) is 372 cm³/mol. The van der Waals surface area contributed by atoms with E-state index < -0.39 is 0 Å². The van der Waals surface area contributed by atoms with Crippen LogP contribution in [-0.4, -0.2) is 220 Å². The van der Waals surface area contributed by atoms with Crippen LogP contribution in [0.25, 0.3) is 0 Å². The molecule has 11 heterocycles. The summed E-state index contributed by atoms with van der Waals surface area (Å²) in [6.07, 6.45) is 19.1. The van der Waals surface area contributed by atoms with Crippen molar-refractivity contribution in [1.29, 1.82) is 0 Å². The Balaban J connectivity index is 0.000000257. The lowest BCUT2D eigenvalue weighted by Gasteiger charge is -2.49. The van der Waals surface area contributed by atoms with E-state index in [1.807, 2.05) is 40.9 Å². The predicted octanol–water partition coefficient (Wildman–Crippen LogP) is 13.8. The van der Waals surface area contributed by atoms with Crippen LogP contribution in [0.15, 0.2) is 42.4 Å². The summed E-state index contributed by atoms with van der Waals surface area (Å²) in [7, 11) is 0. The molecule has 506 valence electrons. The van der Waals surface area contributed by atoms with Crippen molar-refractivity contribution in [2.45, 2.75) is 262 Å². The number of ether oxygens (including phenoxy) is 3. The molecule has 0 aliphatic carbocycles. The Morgan fingerprint density at radius 3 is 1.24 bits per heavy atom. The average molecular weight is 1240 g/mol. The molecule has 0 unspecified atom stereocenters. The van der Waals surface area contributed by atoms with E-state index in [-0.39, 0.29) is 11.0 Å². The SMILES string of the molecule is CC(C)(C)N1CCC1.CC(C)(C)N1CCCCC1.CC(C)(C)N1CCNCC1.CC(C)(C)N1CCOCC1.CC(C)(C)c1nccs1.CC(C)(C)n1cccn1.CC(C)N1CCC2(COC2)C1.CC(C)N1CCCC2(COC2)C1.CC(C)c1cn[nH]c1. The summed E-state index contributed by atoms with van der Waals surface area (Å²) in [6, 6.07) is 3.36. The molecule has 8 fully saturated rings. The maximum atomic E-state index is 5.32. The van der Waals surface area contributed by atoms with Crippen molar-refractivity contribution in [3.8, 4) is 0 Å². The van der Waals surface area contributed by atoms with Gasteiger partial charge in [-0.15, -0.1) is 11.3 Å². The summed E-state index contributed by atoms with van der Waals surface area (Å²) in [6.45, 7) is 76.7. The second-order valence-electron chi connectivity index (χ2n) is 32.8. The topological polar surface area (TPSA) is 119 Å². The van der Waals surface area contributed by atoms with Crippen LogP contribution in [0.1, 0.15) is 228 Å². The molecule has 0 radical (unpaired) electrons. The van der Waals surface area contributed by atoms with Gasteiger partial charge in [0, 0.05) is 133 Å². The van der Waals surface area contributed by atoms with Gasteiger partial charge in [-0.05, 0) is 227 Å². The minimum absolute atomic E-state index is 0.128. The minimum atomic E-state index is 0.128. The van der Waals surface area contributed by atoms with E-state index in [9.17, 15) is 0 Å². The van der Waals surface area contributed by atoms with E-state index in [1.165, 1.54) is 121 Å². The van der Waals surface area contributed by atoms with Crippen molar-refractivity contribution < 1.29 is 14.2 Å². The fourth-order valence-corrected chi connectivity index (χ4v) is 12.0.